The summed E-state index contributed by atoms with van der Waals surface area (Å²) in [7, 11) is 4.13. The standard InChI is InChI=1S/C11H18N2S.H3N/c1-4-14-9-11-7-5-6-10(12-11)8-13(2)3;/h5-7H,4,8-9H2,1-3H3;1H3. The van der Waals surface area contributed by atoms with Gasteiger partial charge in [0.1, 0.15) is 0 Å². The van der Waals surface area contributed by atoms with E-state index in [-0.39, 0.29) is 6.15 Å². The highest BCUT2D eigenvalue weighted by atomic mass is 32.2. The summed E-state index contributed by atoms with van der Waals surface area (Å²) in [5, 5.41) is 0. The molecule has 0 amide bonds. The van der Waals surface area contributed by atoms with E-state index in [0.717, 1.165) is 23.7 Å². The summed E-state index contributed by atoms with van der Waals surface area (Å²) in [5.41, 5.74) is 2.35. The Labute approximate surface area is 96.9 Å². The fourth-order valence-electron chi connectivity index (χ4n) is 1.23. The predicted molar refractivity (Wildman–Crippen MR) is 68.5 cm³/mol. The van der Waals surface area contributed by atoms with E-state index >= 15 is 0 Å². The lowest BCUT2D eigenvalue weighted by Crippen LogP contribution is -2.12. The van der Waals surface area contributed by atoms with Gasteiger partial charge in [0.15, 0.2) is 0 Å². The Morgan fingerprint density at radius 3 is 2.53 bits per heavy atom. The van der Waals surface area contributed by atoms with E-state index in [1.54, 1.807) is 0 Å². The van der Waals surface area contributed by atoms with Gasteiger partial charge >= 0.3 is 0 Å². The fraction of sp³-hybridized carbons (Fsp3) is 0.545. The van der Waals surface area contributed by atoms with E-state index in [2.05, 4.69) is 49.1 Å². The lowest BCUT2D eigenvalue weighted by molar-refractivity contribution is 0.396. The number of thioether (sulfide) groups is 1. The van der Waals surface area contributed by atoms with Crippen molar-refractivity contribution in [1.29, 1.82) is 0 Å². The molecule has 0 fully saturated rings. The second-order valence-electron chi connectivity index (χ2n) is 3.50. The Hall–Kier alpha value is -0.580. The van der Waals surface area contributed by atoms with Gasteiger partial charge in [-0.25, -0.2) is 0 Å². The molecule has 0 saturated carbocycles. The van der Waals surface area contributed by atoms with Gasteiger partial charge in [-0.3, -0.25) is 4.98 Å². The number of aromatic nitrogens is 1. The second kappa shape index (κ2) is 7.68. The minimum atomic E-state index is 0. The number of pyridine rings is 1. The molecule has 3 N–H and O–H groups in total. The molecular formula is C11H21N3S. The minimum absolute atomic E-state index is 0. The van der Waals surface area contributed by atoms with Crippen molar-refractivity contribution in [1.82, 2.24) is 16.0 Å². The molecule has 0 aliphatic rings. The molecule has 0 aliphatic heterocycles. The van der Waals surface area contributed by atoms with Crippen LogP contribution < -0.4 is 6.15 Å². The second-order valence-corrected chi connectivity index (χ2v) is 4.77. The molecule has 1 aromatic rings. The molecule has 3 nitrogen and oxygen atoms in total. The molecular weight excluding hydrogens is 206 g/mol. The van der Waals surface area contributed by atoms with Gasteiger partial charge in [0.2, 0.25) is 0 Å². The Morgan fingerprint density at radius 1 is 1.27 bits per heavy atom. The van der Waals surface area contributed by atoms with Gasteiger partial charge in [-0.15, -0.1) is 0 Å². The lowest BCUT2D eigenvalue weighted by atomic mass is 10.3. The lowest BCUT2D eigenvalue weighted by Gasteiger charge is -2.09. The fourth-order valence-corrected chi connectivity index (χ4v) is 1.80. The molecule has 15 heavy (non-hydrogen) atoms. The summed E-state index contributed by atoms with van der Waals surface area (Å²) >= 11 is 1.91. The van der Waals surface area contributed by atoms with Gasteiger partial charge in [-0.1, -0.05) is 13.0 Å². The summed E-state index contributed by atoms with van der Waals surface area (Å²) in [6.45, 7) is 3.10. The maximum absolute atomic E-state index is 4.59. The molecule has 0 aliphatic carbocycles. The van der Waals surface area contributed by atoms with Crippen LogP contribution in [0.2, 0.25) is 0 Å². The number of hydrogen-bond acceptors (Lipinski definition) is 4. The first kappa shape index (κ1) is 14.4. The maximum atomic E-state index is 4.59. The molecule has 4 heteroatoms. The van der Waals surface area contributed by atoms with E-state index in [1.165, 1.54) is 5.69 Å². The molecule has 1 rings (SSSR count). The third-order valence-electron chi connectivity index (χ3n) is 1.80. The summed E-state index contributed by atoms with van der Waals surface area (Å²) in [5.74, 6) is 2.18. The van der Waals surface area contributed by atoms with E-state index in [0.29, 0.717) is 0 Å². The van der Waals surface area contributed by atoms with Crippen molar-refractivity contribution in [3.63, 3.8) is 0 Å². The van der Waals surface area contributed by atoms with Crippen LogP contribution in [0.1, 0.15) is 18.3 Å². The van der Waals surface area contributed by atoms with E-state index in [4.69, 9.17) is 0 Å². The highest BCUT2D eigenvalue weighted by Crippen LogP contribution is 2.10. The number of hydrogen-bond donors (Lipinski definition) is 1. The van der Waals surface area contributed by atoms with E-state index in [9.17, 15) is 0 Å². The first-order valence-corrected chi connectivity index (χ1v) is 6.05. The topological polar surface area (TPSA) is 51.1 Å². The number of rotatable bonds is 5. The summed E-state index contributed by atoms with van der Waals surface area (Å²) < 4.78 is 0. The maximum Gasteiger partial charge on any atom is 0.0547 e. The zero-order chi connectivity index (χ0) is 10.4. The smallest absolute Gasteiger partial charge is 0.0547 e. The molecule has 0 saturated heterocycles. The van der Waals surface area contributed by atoms with E-state index < -0.39 is 0 Å². The van der Waals surface area contributed by atoms with Crippen LogP contribution in [0.5, 0.6) is 0 Å². The van der Waals surface area contributed by atoms with Crippen LogP contribution >= 0.6 is 11.8 Å². The van der Waals surface area contributed by atoms with Crippen LogP contribution in [-0.2, 0) is 12.3 Å². The van der Waals surface area contributed by atoms with Gasteiger partial charge in [0.25, 0.3) is 0 Å². The zero-order valence-corrected chi connectivity index (χ0v) is 10.7. The third kappa shape index (κ3) is 5.77. The predicted octanol–water partition coefficient (Wildman–Crippen LogP) is 2.56. The van der Waals surface area contributed by atoms with Gasteiger partial charge in [-0.2, -0.15) is 11.8 Å². The van der Waals surface area contributed by atoms with Crippen LogP contribution in [0.25, 0.3) is 0 Å². The SMILES string of the molecule is CCSCc1cccc(CN(C)C)n1.N. The van der Waals surface area contributed by atoms with Crippen molar-refractivity contribution in [3.05, 3.63) is 29.6 Å². The first-order valence-electron chi connectivity index (χ1n) is 4.89. The molecule has 1 aromatic heterocycles. The van der Waals surface area contributed by atoms with E-state index in [1.807, 2.05) is 11.8 Å². The van der Waals surface area contributed by atoms with Gasteiger partial charge < -0.3 is 11.1 Å². The van der Waals surface area contributed by atoms with Gasteiger partial charge in [0, 0.05) is 12.3 Å². The Balaban J connectivity index is 0.00000196. The first-order chi connectivity index (χ1) is 6.72. The van der Waals surface area contributed by atoms with Crippen molar-refractivity contribution in [2.45, 2.75) is 19.2 Å². The normalized spacial score (nSPS) is 10.1. The van der Waals surface area contributed by atoms with Crippen LogP contribution in [-0.4, -0.2) is 29.7 Å². The molecule has 1 heterocycles. The summed E-state index contributed by atoms with van der Waals surface area (Å²) in [6.07, 6.45) is 0. The van der Waals surface area contributed by atoms with Crippen LogP contribution in [0, 0.1) is 0 Å². The summed E-state index contributed by atoms with van der Waals surface area (Å²) in [6, 6.07) is 6.28. The molecule has 0 atom stereocenters. The Morgan fingerprint density at radius 2 is 1.93 bits per heavy atom. The van der Waals surface area contributed by atoms with Gasteiger partial charge in [0.05, 0.1) is 11.4 Å². The molecule has 86 valence electrons. The average Bonchev–Trinajstić information content (AvgIpc) is 2.14. The van der Waals surface area contributed by atoms with Crippen molar-refractivity contribution < 1.29 is 0 Å². The molecule has 0 bridgehead atoms. The third-order valence-corrected chi connectivity index (χ3v) is 2.70. The van der Waals surface area contributed by atoms with Crippen molar-refractivity contribution in [2.24, 2.45) is 0 Å². The van der Waals surface area contributed by atoms with Crippen molar-refractivity contribution >= 4 is 11.8 Å². The largest absolute Gasteiger partial charge is 0.344 e. The van der Waals surface area contributed by atoms with Crippen LogP contribution in [0.15, 0.2) is 18.2 Å². The monoisotopic (exact) mass is 227 g/mol. The minimum Gasteiger partial charge on any atom is -0.344 e. The zero-order valence-electron chi connectivity index (χ0n) is 9.86. The molecule has 0 unspecified atom stereocenters. The van der Waals surface area contributed by atoms with Crippen LogP contribution in [0.4, 0.5) is 0 Å². The highest BCUT2D eigenvalue weighted by Gasteiger charge is 1.98. The Kier molecular flexibility index (Phi) is 7.38. The summed E-state index contributed by atoms with van der Waals surface area (Å²) in [4.78, 5) is 6.73. The molecule has 0 spiro atoms. The van der Waals surface area contributed by atoms with Crippen molar-refractivity contribution in [3.8, 4) is 0 Å². The van der Waals surface area contributed by atoms with Crippen molar-refractivity contribution in [2.75, 3.05) is 19.8 Å². The molecule has 0 radical (unpaired) electrons. The van der Waals surface area contributed by atoms with Gasteiger partial charge in [-0.05, 0) is 32.0 Å². The Bertz CT molecular complexity index is 276. The highest BCUT2D eigenvalue weighted by molar-refractivity contribution is 7.98. The number of nitrogens with zero attached hydrogens (tertiary/aromatic N) is 2. The quantitative estimate of drug-likeness (QED) is 0.840. The molecule has 0 aromatic carbocycles. The van der Waals surface area contributed by atoms with Crippen LogP contribution in [0.3, 0.4) is 0 Å². The average molecular weight is 227 g/mol.